The molecule has 6 nitrogen and oxygen atoms in total. The maximum absolute atomic E-state index is 13.5. The van der Waals surface area contributed by atoms with Gasteiger partial charge in [-0.15, -0.1) is 0 Å². The van der Waals surface area contributed by atoms with E-state index in [1.54, 1.807) is 26.0 Å². The summed E-state index contributed by atoms with van der Waals surface area (Å²) in [5, 5.41) is 4.07. The lowest BCUT2D eigenvalue weighted by molar-refractivity contribution is -0.137. The van der Waals surface area contributed by atoms with Crippen molar-refractivity contribution >= 4 is 22.7 Å². The number of nitrogens with zero attached hydrogens (tertiary/aromatic N) is 3. The Balaban J connectivity index is 1.50. The molecule has 2 aromatic carbocycles. The number of nitrogens with one attached hydrogen (secondary N) is 1. The van der Waals surface area contributed by atoms with Crippen molar-refractivity contribution in [1.82, 2.24) is 20.1 Å². The lowest BCUT2D eigenvalue weighted by Gasteiger charge is -2.33. The van der Waals surface area contributed by atoms with Crippen LogP contribution >= 0.6 is 0 Å². The second-order valence-corrected chi connectivity index (χ2v) is 9.52. The zero-order chi connectivity index (χ0) is 23.4. The molecule has 0 aliphatic carbocycles. The first-order valence-electron chi connectivity index (χ1n) is 11.5. The number of para-hydroxylation sites is 1. The Labute approximate surface area is 195 Å². The maximum atomic E-state index is 13.5. The smallest absolute Gasteiger partial charge is 0.252 e. The first kappa shape index (κ1) is 22.9. The Hall–Kier alpha value is -3.25. The topological polar surface area (TPSA) is 65.5 Å². The van der Waals surface area contributed by atoms with Gasteiger partial charge in [-0.25, -0.2) is 0 Å². The van der Waals surface area contributed by atoms with Crippen molar-refractivity contribution in [3.8, 4) is 0 Å². The predicted molar refractivity (Wildman–Crippen MR) is 131 cm³/mol. The Kier molecular flexibility index (Phi) is 6.75. The van der Waals surface area contributed by atoms with E-state index < -0.39 is 5.54 Å². The van der Waals surface area contributed by atoms with Crippen LogP contribution in [0.15, 0.2) is 66.9 Å². The van der Waals surface area contributed by atoms with Gasteiger partial charge < -0.3 is 15.1 Å². The third-order valence-electron chi connectivity index (χ3n) is 6.31. The number of fused-ring (bicyclic) bond motifs is 1. The lowest BCUT2D eigenvalue weighted by Crippen LogP contribution is -2.57. The molecule has 0 saturated carbocycles. The van der Waals surface area contributed by atoms with Gasteiger partial charge in [0.2, 0.25) is 5.91 Å². The van der Waals surface area contributed by atoms with Gasteiger partial charge in [0.05, 0.1) is 5.52 Å². The van der Waals surface area contributed by atoms with Crippen molar-refractivity contribution in [1.29, 1.82) is 0 Å². The molecule has 1 N–H and O–H groups in total. The molecule has 4 rings (SSSR count). The van der Waals surface area contributed by atoms with Crippen LogP contribution in [0.5, 0.6) is 0 Å². The molecule has 2 amide bonds. The Bertz CT molecular complexity index is 1120. The minimum Gasteiger partial charge on any atom is -0.339 e. The Morgan fingerprint density at radius 1 is 1.00 bits per heavy atom. The molecular formula is C27H32N4O2. The zero-order valence-electron chi connectivity index (χ0n) is 19.6. The van der Waals surface area contributed by atoms with E-state index >= 15 is 0 Å². The average molecular weight is 445 g/mol. The Morgan fingerprint density at radius 2 is 1.76 bits per heavy atom. The molecule has 1 aliphatic heterocycles. The summed E-state index contributed by atoms with van der Waals surface area (Å²) in [6.45, 7) is 6.58. The molecule has 0 spiro atoms. The number of carbonyl (C=O) groups excluding carboxylic acids is 2. The number of amides is 2. The molecule has 6 heteroatoms. The molecular weight excluding hydrogens is 412 g/mol. The average Bonchev–Trinajstić information content (AvgIpc) is 3.00. The van der Waals surface area contributed by atoms with Crippen molar-refractivity contribution in [2.45, 2.75) is 25.8 Å². The number of hydrogen-bond acceptors (Lipinski definition) is 4. The SMILES string of the molecule is CN1CCN(C(=O)C(C)(C)NC(=O)c2ccccc2)CC(Cc2cccc3cccnc23)C1. The van der Waals surface area contributed by atoms with Gasteiger partial charge in [0.15, 0.2) is 0 Å². The van der Waals surface area contributed by atoms with Crippen LogP contribution in [0.1, 0.15) is 29.8 Å². The molecule has 33 heavy (non-hydrogen) atoms. The van der Waals surface area contributed by atoms with Crippen LogP contribution in [-0.2, 0) is 11.2 Å². The van der Waals surface area contributed by atoms with Gasteiger partial charge in [-0.05, 0) is 57.0 Å². The molecule has 1 aromatic heterocycles. The van der Waals surface area contributed by atoms with Crippen molar-refractivity contribution in [3.63, 3.8) is 0 Å². The van der Waals surface area contributed by atoms with E-state index in [-0.39, 0.29) is 17.7 Å². The summed E-state index contributed by atoms with van der Waals surface area (Å²) in [4.78, 5) is 35.0. The van der Waals surface area contributed by atoms with Crippen LogP contribution in [0, 0.1) is 5.92 Å². The van der Waals surface area contributed by atoms with Gasteiger partial charge in [-0.2, -0.15) is 0 Å². The summed E-state index contributed by atoms with van der Waals surface area (Å²) in [6, 6.07) is 19.3. The standard InChI is InChI=1S/C27H32N4O2/c1-27(2,29-25(32)22-9-5-4-6-10-22)26(33)31-16-15-30(3)18-20(19-31)17-23-12-7-11-21-13-8-14-28-24(21)23/h4-14,20H,15-19H2,1-3H3,(H,29,32). The molecule has 0 radical (unpaired) electrons. The summed E-state index contributed by atoms with van der Waals surface area (Å²) < 4.78 is 0. The number of aromatic nitrogens is 1. The molecule has 3 aromatic rings. The molecule has 1 atom stereocenters. The monoisotopic (exact) mass is 444 g/mol. The zero-order valence-corrected chi connectivity index (χ0v) is 19.6. The predicted octanol–water partition coefficient (Wildman–Crippen LogP) is 3.38. The third-order valence-corrected chi connectivity index (χ3v) is 6.31. The normalized spacial score (nSPS) is 17.5. The number of likely N-dealkylation sites (N-methyl/N-ethyl adjacent to an activating group) is 1. The lowest BCUT2D eigenvalue weighted by atomic mass is 9.95. The van der Waals surface area contributed by atoms with Crippen molar-refractivity contribution in [2.24, 2.45) is 5.92 Å². The molecule has 0 bridgehead atoms. The Morgan fingerprint density at radius 3 is 2.55 bits per heavy atom. The summed E-state index contributed by atoms with van der Waals surface area (Å²) in [7, 11) is 2.10. The van der Waals surface area contributed by atoms with Gasteiger partial charge in [0, 0.05) is 43.3 Å². The van der Waals surface area contributed by atoms with Gasteiger partial charge in [-0.1, -0.05) is 42.5 Å². The van der Waals surface area contributed by atoms with E-state index in [1.165, 1.54) is 5.56 Å². The number of hydrogen-bond donors (Lipinski definition) is 1. The third kappa shape index (κ3) is 5.40. The van der Waals surface area contributed by atoms with Crippen LogP contribution < -0.4 is 5.32 Å². The van der Waals surface area contributed by atoms with E-state index in [0.29, 0.717) is 18.7 Å². The highest BCUT2D eigenvalue weighted by Gasteiger charge is 2.36. The van der Waals surface area contributed by atoms with E-state index in [0.717, 1.165) is 30.4 Å². The van der Waals surface area contributed by atoms with Crippen LogP contribution in [0.2, 0.25) is 0 Å². The largest absolute Gasteiger partial charge is 0.339 e. The summed E-state index contributed by atoms with van der Waals surface area (Å²) >= 11 is 0. The molecule has 2 heterocycles. The highest BCUT2D eigenvalue weighted by Crippen LogP contribution is 2.22. The fourth-order valence-electron chi connectivity index (χ4n) is 4.64. The number of pyridine rings is 1. The highest BCUT2D eigenvalue weighted by atomic mass is 16.2. The summed E-state index contributed by atoms with van der Waals surface area (Å²) in [6.07, 6.45) is 2.68. The van der Waals surface area contributed by atoms with E-state index in [4.69, 9.17) is 0 Å². The van der Waals surface area contributed by atoms with E-state index in [2.05, 4.69) is 46.5 Å². The first-order valence-corrected chi connectivity index (χ1v) is 11.5. The van der Waals surface area contributed by atoms with Crippen molar-refractivity contribution in [3.05, 3.63) is 78.0 Å². The van der Waals surface area contributed by atoms with Crippen molar-refractivity contribution in [2.75, 3.05) is 33.2 Å². The number of benzene rings is 2. The fraction of sp³-hybridized carbons (Fsp3) is 0.370. The van der Waals surface area contributed by atoms with Gasteiger partial charge >= 0.3 is 0 Å². The van der Waals surface area contributed by atoms with E-state index in [1.807, 2.05) is 35.4 Å². The first-order chi connectivity index (χ1) is 15.8. The van der Waals surface area contributed by atoms with Crippen molar-refractivity contribution < 1.29 is 9.59 Å². The second kappa shape index (κ2) is 9.71. The minimum absolute atomic E-state index is 0.0527. The quantitative estimate of drug-likeness (QED) is 0.655. The maximum Gasteiger partial charge on any atom is 0.252 e. The van der Waals surface area contributed by atoms with Crippen LogP contribution in [0.3, 0.4) is 0 Å². The molecule has 1 saturated heterocycles. The van der Waals surface area contributed by atoms with Crippen LogP contribution in [0.25, 0.3) is 10.9 Å². The molecule has 1 unspecified atom stereocenters. The fourth-order valence-corrected chi connectivity index (χ4v) is 4.64. The molecule has 172 valence electrons. The van der Waals surface area contributed by atoms with Gasteiger partial charge in [-0.3, -0.25) is 14.6 Å². The summed E-state index contributed by atoms with van der Waals surface area (Å²) in [5.41, 5.74) is 1.79. The number of rotatable bonds is 5. The van der Waals surface area contributed by atoms with Crippen LogP contribution in [0.4, 0.5) is 0 Å². The number of carbonyl (C=O) groups is 2. The minimum atomic E-state index is -0.999. The molecule has 1 fully saturated rings. The van der Waals surface area contributed by atoms with E-state index in [9.17, 15) is 9.59 Å². The highest BCUT2D eigenvalue weighted by molar-refractivity contribution is 5.98. The second-order valence-electron chi connectivity index (χ2n) is 9.52. The van der Waals surface area contributed by atoms with Crippen LogP contribution in [-0.4, -0.2) is 65.4 Å². The molecule has 1 aliphatic rings. The summed E-state index contributed by atoms with van der Waals surface area (Å²) in [5.74, 6) is -0.0166. The van der Waals surface area contributed by atoms with Gasteiger partial charge in [0.25, 0.3) is 5.91 Å². The van der Waals surface area contributed by atoms with Gasteiger partial charge in [0.1, 0.15) is 5.54 Å².